The fourth-order valence-corrected chi connectivity index (χ4v) is 3.87. The maximum absolute atomic E-state index is 13.2. The van der Waals surface area contributed by atoms with E-state index in [1.165, 1.54) is 0 Å². The van der Waals surface area contributed by atoms with Crippen LogP contribution in [0.15, 0.2) is 35.3 Å². The monoisotopic (exact) mass is 545 g/mol. The molecule has 1 aromatic rings. The van der Waals surface area contributed by atoms with Crippen LogP contribution >= 0.6 is 24.0 Å². The van der Waals surface area contributed by atoms with Crippen molar-refractivity contribution in [1.29, 1.82) is 0 Å². The van der Waals surface area contributed by atoms with Gasteiger partial charge in [-0.3, -0.25) is 14.7 Å². The van der Waals surface area contributed by atoms with Gasteiger partial charge in [0.2, 0.25) is 5.91 Å². The van der Waals surface area contributed by atoms with Crippen molar-refractivity contribution in [2.75, 3.05) is 53.0 Å². The van der Waals surface area contributed by atoms with Gasteiger partial charge in [0.05, 0.1) is 19.1 Å². The number of nitrogens with zero attached hydrogens (tertiary/aromatic N) is 3. The number of morpholine rings is 1. The second-order valence-electron chi connectivity index (χ2n) is 8.21. The number of guanidine groups is 1. The maximum atomic E-state index is 13.2. The molecule has 2 rings (SSSR count). The minimum absolute atomic E-state index is 0. The minimum atomic E-state index is -0.259. The zero-order valence-corrected chi connectivity index (χ0v) is 22.0. The van der Waals surface area contributed by atoms with Crippen LogP contribution in [-0.2, 0) is 9.53 Å². The number of halogens is 1. The highest BCUT2D eigenvalue weighted by Gasteiger charge is 2.27. The van der Waals surface area contributed by atoms with E-state index >= 15 is 0 Å². The number of hydrogen-bond acceptors (Lipinski definition) is 4. The molecule has 0 aromatic heterocycles. The molecule has 1 heterocycles. The van der Waals surface area contributed by atoms with Crippen LogP contribution in [0.2, 0.25) is 0 Å². The van der Waals surface area contributed by atoms with Crippen molar-refractivity contribution in [1.82, 2.24) is 20.4 Å². The van der Waals surface area contributed by atoms with Crippen molar-refractivity contribution in [2.45, 2.75) is 45.7 Å². The molecule has 1 amide bonds. The molecule has 7 nitrogen and oxygen atoms in total. The predicted molar refractivity (Wildman–Crippen MR) is 138 cm³/mol. The minimum Gasteiger partial charge on any atom is -0.378 e. The first-order chi connectivity index (χ1) is 14.4. The van der Waals surface area contributed by atoms with Crippen LogP contribution in [0.1, 0.15) is 39.2 Å². The Bertz CT molecular complexity index is 655. The molecule has 31 heavy (non-hydrogen) atoms. The number of aliphatic imine (C=N–C) groups is 1. The average Bonchev–Trinajstić information content (AvgIpc) is 2.76. The summed E-state index contributed by atoms with van der Waals surface area (Å²) in [6.45, 7) is 13.6. The number of carbonyl (C=O) groups excluding carboxylic acids is 1. The molecule has 176 valence electrons. The molecular formula is C23H40IN5O2. The van der Waals surface area contributed by atoms with Crippen LogP contribution < -0.4 is 10.6 Å². The number of hydrogen-bond donors (Lipinski definition) is 2. The second-order valence-corrected chi connectivity index (χ2v) is 8.21. The van der Waals surface area contributed by atoms with Gasteiger partial charge in [0, 0.05) is 51.9 Å². The van der Waals surface area contributed by atoms with Gasteiger partial charge in [0.25, 0.3) is 0 Å². The Kier molecular flexibility index (Phi) is 13.0. The smallest absolute Gasteiger partial charge is 0.232 e. The Morgan fingerprint density at radius 1 is 1.10 bits per heavy atom. The van der Waals surface area contributed by atoms with E-state index in [1.54, 1.807) is 7.05 Å². The molecule has 2 N–H and O–H groups in total. The van der Waals surface area contributed by atoms with Crippen molar-refractivity contribution in [3.8, 4) is 0 Å². The SMILES string of the molecule is CN=C(NCCN(C(C)C)C(C)C)NCC(C(=O)N1CCOCC1)c1ccccc1.I. The molecule has 1 saturated heterocycles. The van der Waals surface area contributed by atoms with E-state index in [4.69, 9.17) is 4.74 Å². The summed E-state index contributed by atoms with van der Waals surface area (Å²) < 4.78 is 5.41. The van der Waals surface area contributed by atoms with Gasteiger partial charge in [0.1, 0.15) is 0 Å². The van der Waals surface area contributed by atoms with Crippen LogP contribution in [0, 0.1) is 0 Å². The normalized spacial score (nSPS) is 15.7. The van der Waals surface area contributed by atoms with Crippen LogP contribution in [-0.4, -0.2) is 86.7 Å². The molecule has 0 aliphatic carbocycles. The van der Waals surface area contributed by atoms with Crippen molar-refractivity contribution in [3.05, 3.63) is 35.9 Å². The number of rotatable bonds is 9. The molecule has 1 aromatic carbocycles. The molecule has 1 atom stereocenters. The molecule has 0 bridgehead atoms. The first-order valence-corrected chi connectivity index (χ1v) is 11.1. The lowest BCUT2D eigenvalue weighted by Gasteiger charge is -2.31. The highest BCUT2D eigenvalue weighted by Crippen LogP contribution is 2.18. The zero-order chi connectivity index (χ0) is 21.9. The lowest BCUT2D eigenvalue weighted by atomic mass is 9.97. The lowest BCUT2D eigenvalue weighted by Crippen LogP contribution is -2.48. The third-order valence-electron chi connectivity index (χ3n) is 5.51. The number of nitrogens with one attached hydrogen (secondary N) is 2. The summed E-state index contributed by atoms with van der Waals surface area (Å²) >= 11 is 0. The first kappa shape index (κ1) is 27.6. The van der Waals surface area contributed by atoms with E-state index in [0.29, 0.717) is 44.9 Å². The first-order valence-electron chi connectivity index (χ1n) is 11.1. The second kappa shape index (κ2) is 14.6. The van der Waals surface area contributed by atoms with Crippen LogP contribution in [0.4, 0.5) is 0 Å². The largest absolute Gasteiger partial charge is 0.378 e. The standard InChI is InChI=1S/C23H39N5O2.HI/c1-18(2)28(19(3)4)12-11-25-23(24-5)26-17-21(20-9-7-6-8-10-20)22(29)27-13-15-30-16-14-27;/h6-10,18-19,21H,11-17H2,1-5H3,(H2,24,25,26);1H. The average molecular weight is 546 g/mol. The van der Waals surface area contributed by atoms with Crippen molar-refractivity contribution in [3.63, 3.8) is 0 Å². The maximum Gasteiger partial charge on any atom is 0.232 e. The molecular weight excluding hydrogens is 505 g/mol. The molecule has 1 aliphatic rings. The van der Waals surface area contributed by atoms with Gasteiger partial charge in [0.15, 0.2) is 5.96 Å². The predicted octanol–water partition coefficient (Wildman–Crippen LogP) is 2.53. The molecule has 0 radical (unpaired) electrons. The van der Waals surface area contributed by atoms with Crippen LogP contribution in [0.3, 0.4) is 0 Å². The van der Waals surface area contributed by atoms with Gasteiger partial charge < -0.3 is 20.3 Å². The molecule has 8 heteroatoms. The number of ether oxygens (including phenoxy) is 1. The molecule has 1 unspecified atom stereocenters. The Balaban J connectivity index is 0.00000480. The summed E-state index contributed by atoms with van der Waals surface area (Å²) in [5.41, 5.74) is 1.02. The summed E-state index contributed by atoms with van der Waals surface area (Å²) in [5, 5.41) is 6.75. The van der Waals surface area contributed by atoms with Crippen molar-refractivity contribution >= 4 is 35.8 Å². The summed E-state index contributed by atoms with van der Waals surface area (Å²) in [4.78, 5) is 21.9. The number of benzene rings is 1. The van der Waals surface area contributed by atoms with Crippen LogP contribution in [0.25, 0.3) is 0 Å². The molecule has 0 spiro atoms. The summed E-state index contributed by atoms with van der Waals surface area (Å²) in [6, 6.07) is 11.0. The summed E-state index contributed by atoms with van der Waals surface area (Å²) in [6.07, 6.45) is 0. The summed E-state index contributed by atoms with van der Waals surface area (Å²) in [7, 11) is 1.76. The Hall–Kier alpha value is -1.39. The van der Waals surface area contributed by atoms with Gasteiger partial charge in [-0.25, -0.2) is 0 Å². The molecule has 1 aliphatic heterocycles. The van der Waals surface area contributed by atoms with E-state index in [0.717, 1.165) is 24.6 Å². The van der Waals surface area contributed by atoms with Crippen molar-refractivity contribution in [2.24, 2.45) is 4.99 Å². The quantitative estimate of drug-likeness (QED) is 0.284. The van der Waals surface area contributed by atoms with Gasteiger partial charge in [-0.1, -0.05) is 30.3 Å². The third kappa shape index (κ3) is 8.94. The fraction of sp³-hybridized carbons (Fsp3) is 0.652. The van der Waals surface area contributed by atoms with Gasteiger partial charge in [-0.2, -0.15) is 0 Å². The van der Waals surface area contributed by atoms with E-state index < -0.39 is 0 Å². The van der Waals surface area contributed by atoms with E-state index in [9.17, 15) is 4.79 Å². The number of carbonyl (C=O) groups is 1. The Morgan fingerprint density at radius 3 is 2.26 bits per heavy atom. The lowest BCUT2D eigenvalue weighted by molar-refractivity contribution is -0.136. The van der Waals surface area contributed by atoms with E-state index in [1.807, 2.05) is 35.2 Å². The number of amides is 1. The molecule has 1 fully saturated rings. The zero-order valence-electron chi connectivity index (χ0n) is 19.6. The van der Waals surface area contributed by atoms with Crippen LogP contribution in [0.5, 0.6) is 0 Å². The fourth-order valence-electron chi connectivity index (χ4n) is 3.87. The van der Waals surface area contributed by atoms with E-state index in [-0.39, 0.29) is 35.8 Å². The van der Waals surface area contributed by atoms with Gasteiger partial charge >= 0.3 is 0 Å². The van der Waals surface area contributed by atoms with E-state index in [2.05, 4.69) is 48.2 Å². The topological polar surface area (TPSA) is 69.2 Å². The highest BCUT2D eigenvalue weighted by atomic mass is 127. The highest BCUT2D eigenvalue weighted by molar-refractivity contribution is 14.0. The Labute approximate surface area is 205 Å². The third-order valence-corrected chi connectivity index (χ3v) is 5.51. The molecule has 0 saturated carbocycles. The Morgan fingerprint density at radius 2 is 1.71 bits per heavy atom. The van der Waals surface area contributed by atoms with Gasteiger partial charge in [-0.05, 0) is 33.3 Å². The summed E-state index contributed by atoms with van der Waals surface area (Å²) in [5.74, 6) is 0.599. The van der Waals surface area contributed by atoms with Gasteiger partial charge in [-0.15, -0.1) is 24.0 Å². The van der Waals surface area contributed by atoms with Crippen molar-refractivity contribution < 1.29 is 9.53 Å².